The molecule has 0 radical (unpaired) electrons. The normalized spacial score (nSPS) is 10.4. The highest BCUT2D eigenvalue weighted by atomic mass is 19.1. The largest absolute Gasteiger partial charge is 0.396 e. The molecule has 94 valence electrons. The van der Waals surface area contributed by atoms with Gasteiger partial charge in [0.25, 0.3) is 5.91 Å². The first-order chi connectivity index (χ1) is 8.49. The molecule has 18 heavy (non-hydrogen) atoms. The van der Waals surface area contributed by atoms with Crippen LogP contribution in [-0.4, -0.2) is 15.7 Å². The highest BCUT2D eigenvalue weighted by Gasteiger charge is 2.15. The number of nitrogens with two attached hydrogens (primary N) is 1. The molecule has 0 aliphatic rings. The number of aromatic nitrogens is 2. The van der Waals surface area contributed by atoms with E-state index in [0.717, 1.165) is 0 Å². The number of carbonyl (C=O) groups excluding carboxylic acids is 1. The van der Waals surface area contributed by atoms with Gasteiger partial charge in [-0.3, -0.25) is 9.48 Å². The smallest absolute Gasteiger partial charge is 0.276 e. The van der Waals surface area contributed by atoms with Gasteiger partial charge in [0.15, 0.2) is 0 Å². The molecule has 1 heterocycles. The van der Waals surface area contributed by atoms with Crippen molar-refractivity contribution in [1.29, 1.82) is 0 Å². The SMILES string of the molecule is Cc1cc(F)ccc1NC(=O)c1c(N)cnn1C. The van der Waals surface area contributed by atoms with Crippen LogP contribution in [0.1, 0.15) is 16.1 Å². The van der Waals surface area contributed by atoms with E-state index in [1.165, 1.54) is 29.1 Å². The Kier molecular flexibility index (Phi) is 3.01. The number of carbonyl (C=O) groups is 1. The van der Waals surface area contributed by atoms with Gasteiger partial charge >= 0.3 is 0 Å². The molecule has 0 unspecified atom stereocenters. The van der Waals surface area contributed by atoms with E-state index in [0.29, 0.717) is 16.9 Å². The molecule has 0 spiro atoms. The molecule has 0 saturated heterocycles. The Balaban J connectivity index is 2.27. The van der Waals surface area contributed by atoms with Crippen molar-refractivity contribution in [3.05, 3.63) is 41.5 Å². The fourth-order valence-electron chi connectivity index (χ4n) is 1.68. The third-order valence-electron chi connectivity index (χ3n) is 2.62. The number of hydrogen-bond donors (Lipinski definition) is 2. The van der Waals surface area contributed by atoms with Crippen LogP contribution >= 0.6 is 0 Å². The molecule has 2 rings (SSSR count). The summed E-state index contributed by atoms with van der Waals surface area (Å²) in [7, 11) is 1.63. The molecule has 0 fully saturated rings. The molecule has 0 aliphatic heterocycles. The second kappa shape index (κ2) is 4.48. The summed E-state index contributed by atoms with van der Waals surface area (Å²) in [6.45, 7) is 1.71. The predicted molar refractivity (Wildman–Crippen MR) is 66.7 cm³/mol. The van der Waals surface area contributed by atoms with E-state index in [1.807, 2.05) is 0 Å². The molecule has 1 aromatic carbocycles. The third-order valence-corrected chi connectivity index (χ3v) is 2.62. The Morgan fingerprint density at radius 1 is 1.50 bits per heavy atom. The topological polar surface area (TPSA) is 72.9 Å². The van der Waals surface area contributed by atoms with Crippen LogP contribution in [0, 0.1) is 12.7 Å². The van der Waals surface area contributed by atoms with Gasteiger partial charge in [-0.2, -0.15) is 5.10 Å². The molecule has 1 aromatic heterocycles. The molecule has 6 heteroatoms. The maximum Gasteiger partial charge on any atom is 0.276 e. The minimum atomic E-state index is -0.373. The van der Waals surface area contributed by atoms with Crippen molar-refractivity contribution in [1.82, 2.24) is 9.78 Å². The van der Waals surface area contributed by atoms with E-state index in [-0.39, 0.29) is 17.4 Å². The van der Waals surface area contributed by atoms with E-state index in [1.54, 1.807) is 14.0 Å². The van der Waals surface area contributed by atoms with Crippen molar-refractivity contribution >= 4 is 17.3 Å². The van der Waals surface area contributed by atoms with Crippen LogP contribution in [0.3, 0.4) is 0 Å². The number of nitrogens with one attached hydrogen (secondary N) is 1. The minimum absolute atomic E-state index is 0.277. The predicted octanol–water partition coefficient (Wildman–Crippen LogP) is 1.70. The minimum Gasteiger partial charge on any atom is -0.396 e. The number of anilines is 2. The van der Waals surface area contributed by atoms with Crippen LogP contribution in [0.5, 0.6) is 0 Å². The van der Waals surface area contributed by atoms with Crippen LogP contribution in [-0.2, 0) is 7.05 Å². The number of amides is 1. The molecule has 0 aliphatic carbocycles. The van der Waals surface area contributed by atoms with Crippen LogP contribution in [0.15, 0.2) is 24.4 Å². The van der Waals surface area contributed by atoms with Crippen LogP contribution in [0.2, 0.25) is 0 Å². The number of hydrogen-bond acceptors (Lipinski definition) is 3. The first-order valence-electron chi connectivity index (χ1n) is 5.34. The number of rotatable bonds is 2. The molecule has 0 bridgehead atoms. The summed E-state index contributed by atoms with van der Waals surface area (Å²) in [5.41, 5.74) is 7.42. The monoisotopic (exact) mass is 248 g/mol. The fourth-order valence-corrected chi connectivity index (χ4v) is 1.68. The van der Waals surface area contributed by atoms with E-state index in [2.05, 4.69) is 10.4 Å². The second-order valence-electron chi connectivity index (χ2n) is 3.99. The Hall–Kier alpha value is -2.37. The van der Waals surface area contributed by atoms with Gasteiger partial charge < -0.3 is 11.1 Å². The molecule has 5 nitrogen and oxygen atoms in total. The Morgan fingerprint density at radius 2 is 2.22 bits per heavy atom. The summed E-state index contributed by atoms with van der Waals surface area (Å²) in [5.74, 6) is -0.715. The lowest BCUT2D eigenvalue weighted by Crippen LogP contribution is -2.18. The van der Waals surface area contributed by atoms with Gasteiger partial charge in [0, 0.05) is 12.7 Å². The maximum atomic E-state index is 12.9. The van der Waals surface area contributed by atoms with Gasteiger partial charge in [0.1, 0.15) is 11.5 Å². The van der Waals surface area contributed by atoms with Crippen molar-refractivity contribution < 1.29 is 9.18 Å². The van der Waals surface area contributed by atoms with Gasteiger partial charge in [0.2, 0.25) is 0 Å². The van der Waals surface area contributed by atoms with Crippen molar-refractivity contribution in [3.8, 4) is 0 Å². The molecule has 0 saturated carbocycles. The number of benzene rings is 1. The number of halogens is 1. The molecule has 3 N–H and O–H groups in total. The third kappa shape index (κ3) is 2.17. The first kappa shape index (κ1) is 12.1. The summed E-state index contributed by atoms with van der Waals surface area (Å²) < 4.78 is 14.3. The van der Waals surface area contributed by atoms with Gasteiger partial charge in [0.05, 0.1) is 11.9 Å². The number of aryl methyl sites for hydroxylation is 2. The zero-order valence-corrected chi connectivity index (χ0v) is 10.1. The van der Waals surface area contributed by atoms with E-state index < -0.39 is 0 Å². The average Bonchev–Trinajstić information content (AvgIpc) is 2.62. The molecule has 2 aromatic rings. The van der Waals surface area contributed by atoms with Gasteiger partial charge in [-0.1, -0.05) is 0 Å². The fraction of sp³-hybridized carbons (Fsp3) is 0.167. The Labute approximate surface area is 103 Å². The number of nitrogens with zero attached hydrogens (tertiary/aromatic N) is 2. The highest BCUT2D eigenvalue weighted by Crippen LogP contribution is 2.18. The quantitative estimate of drug-likeness (QED) is 0.849. The molecular formula is C12H13FN4O. The zero-order chi connectivity index (χ0) is 13.3. The first-order valence-corrected chi connectivity index (χ1v) is 5.34. The lowest BCUT2D eigenvalue weighted by molar-refractivity contribution is 0.101. The van der Waals surface area contributed by atoms with Crippen LogP contribution in [0.4, 0.5) is 15.8 Å². The van der Waals surface area contributed by atoms with Crippen LogP contribution < -0.4 is 11.1 Å². The van der Waals surface area contributed by atoms with Crippen molar-refractivity contribution in [2.45, 2.75) is 6.92 Å². The zero-order valence-electron chi connectivity index (χ0n) is 10.1. The van der Waals surface area contributed by atoms with Crippen molar-refractivity contribution in [2.75, 3.05) is 11.1 Å². The maximum absolute atomic E-state index is 12.9. The van der Waals surface area contributed by atoms with Crippen molar-refractivity contribution in [3.63, 3.8) is 0 Å². The summed E-state index contributed by atoms with van der Waals surface area (Å²) >= 11 is 0. The van der Waals surface area contributed by atoms with E-state index in [9.17, 15) is 9.18 Å². The van der Waals surface area contributed by atoms with Gasteiger partial charge in [-0.05, 0) is 30.7 Å². The average molecular weight is 248 g/mol. The van der Waals surface area contributed by atoms with Crippen molar-refractivity contribution in [2.24, 2.45) is 7.05 Å². The Morgan fingerprint density at radius 3 is 2.78 bits per heavy atom. The highest BCUT2D eigenvalue weighted by molar-refractivity contribution is 6.06. The second-order valence-corrected chi connectivity index (χ2v) is 3.99. The summed E-state index contributed by atoms with van der Waals surface area (Å²) in [6, 6.07) is 4.15. The lowest BCUT2D eigenvalue weighted by atomic mass is 10.2. The van der Waals surface area contributed by atoms with E-state index >= 15 is 0 Å². The summed E-state index contributed by atoms with van der Waals surface area (Å²) in [6.07, 6.45) is 1.41. The number of nitrogen functional groups attached to an aromatic ring is 1. The summed E-state index contributed by atoms with van der Waals surface area (Å²) in [4.78, 5) is 12.0. The van der Waals surface area contributed by atoms with E-state index in [4.69, 9.17) is 5.73 Å². The Bertz CT molecular complexity index is 587. The summed E-state index contributed by atoms with van der Waals surface area (Å²) in [5, 5.41) is 6.56. The molecular weight excluding hydrogens is 235 g/mol. The standard InChI is InChI=1S/C12H13FN4O/c1-7-5-8(13)3-4-10(7)16-12(18)11-9(14)6-15-17(11)2/h3-6H,14H2,1-2H3,(H,16,18). The van der Waals surface area contributed by atoms with Crippen LogP contribution in [0.25, 0.3) is 0 Å². The van der Waals surface area contributed by atoms with Gasteiger partial charge in [-0.15, -0.1) is 0 Å². The van der Waals surface area contributed by atoms with Gasteiger partial charge in [-0.25, -0.2) is 4.39 Å². The molecule has 0 atom stereocenters. The molecule has 1 amide bonds. The lowest BCUT2D eigenvalue weighted by Gasteiger charge is -2.09.